The van der Waals surface area contributed by atoms with Crippen molar-refractivity contribution in [1.82, 2.24) is 0 Å². The van der Waals surface area contributed by atoms with E-state index in [0.29, 0.717) is 0 Å². The highest BCUT2D eigenvalue weighted by atomic mass is 31.3. The largest absolute Gasteiger partial charge is 0.478 e. The average Bonchev–Trinajstić information content (AvgIpc) is 1.94. The van der Waals surface area contributed by atoms with Gasteiger partial charge in [0.05, 0.1) is 0 Å². The molecule has 0 amide bonds. The highest BCUT2D eigenvalue weighted by Crippen LogP contribution is 2.53. The standard InChI is InChI=1S/C6H14.H4O7P2/c1-3-5-6-4-2;1-8(2,3)7-9(4,5)6/h3-6H2,1-2H3;(H2,1,2,3)(H2,4,5,6). The molecule has 0 aliphatic carbocycles. The van der Waals surface area contributed by atoms with Gasteiger partial charge < -0.3 is 19.6 Å². The van der Waals surface area contributed by atoms with Crippen LogP contribution in [0.1, 0.15) is 39.5 Å². The number of hydrogen-bond donors (Lipinski definition) is 4. The summed E-state index contributed by atoms with van der Waals surface area (Å²) in [5, 5.41) is 0. The van der Waals surface area contributed by atoms with Crippen molar-refractivity contribution >= 4 is 15.6 Å². The van der Waals surface area contributed by atoms with E-state index in [1.54, 1.807) is 0 Å². The number of rotatable bonds is 5. The smallest absolute Gasteiger partial charge is 0.302 e. The quantitative estimate of drug-likeness (QED) is 0.440. The van der Waals surface area contributed by atoms with E-state index in [2.05, 4.69) is 18.2 Å². The molecule has 0 radical (unpaired) electrons. The molecule has 0 aromatic rings. The Morgan fingerprint density at radius 3 is 1.20 bits per heavy atom. The maximum absolute atomic E-state index is 9.63. The lowest BCUT2D eigenvalue weighted by atomic mass is 10.2. The summed E-state index contributed by atoms with van der Waals surface area (Å²) >= 11 is 0. The number of unbranched alkanes of at least 4 members (excludes halogenated alkanes) is 3. The maximum Gasteiger partial charge on any atom is 0.478 e. The first-order valence-electron chi connectivity index (χ1n) is 4.44. The van der Waals surface area contributed by atoms with Crippen LogP contribution in [0.5, 0.6) is 0 Å². The Bertz CT molecular complexity index is 206. The second kappa shape index (κ2) is 8.42. The summed E-state index contributed by atoms with van der Waals surface area (Å²) in [5.41, 5.74) is 0. The van der Waals surface area contributed by atoms with Crippen molar-refractivity contribution in [2.75, 3.05) is 0 Å². The SMILES string of the molecule is CCCCCC.O=P(O)(O)OP(=O)(O)O. The highest BCUT2D eigenvalue weighted by Gasteiger charge is 2.27. The molecule has 0 saturated carbocycles. The second-order valence-electron chi connectivity index (χ2n) is 2.77. The summed E-state index contributed by atoms with van der Waals surface area (Å²) in [6.07, 6.45) is 5.54. The Balaban J connectivity index is 0. The Morgan fingerprint density at radius 1 is 0.867 bits per heavy atom. The lowest BCUT2D eigenvalue weighted by Crippen LogP contribution is -1.84. The number of phosphoric acid groups is 2. The molecular formula is C6H18O7P2. The van der Waals surface area contributed by atoms with Crippen molar-refractivity contribution < 1.29 is 33.0 Å². The van der Waals surface area contributed by atoms with Crippen LogP contribution in [0.15, 0.2) is 0 Å². The van der Waals surface area contributed by atoms with Crippen molar-refractivity contribution in [3.8, 4) is 0 Å². The van der Waals surface area contributed by atoms with E-state index in [9.17, 15) is 9.13 Å². The van der Waals surface area contributed by atoms with E-state index in [-0.39, 0.29) is 0 Å². The van der Waals surface area contributed by atoms with Crippen LogP contribution in [0.25, 0.3) is 0 Å². The molecule has 0 atom stereocenters. The van der Waals surface area contributed by atoms with E-state index in [1.165, 1.54) is 25.7 Å². The van der Waals surface area contributed by atoms with E-state index >= 15 is 0 Å². The minimum absolute atomic E-state index is 1.36. The fraction of sp³-hybridized carbons (Fsp3) is 1.00. The van der Waals surface area contributed by atoms with Crippen molar-refractivity contribution in [1.29, 1.82) is 0 Å². The van der Waals surface area contributed by atoms with Gasteiger partial charge in [0.1, 0.15) is 0 Å². The van der Waals surface area contributed by atoms with Crippen LogP contribution >= 0.6 is 15.6 Å². The monoisotopic (exact) mass is 264 g/mol. The Kier molecular flexibility index (Phi) is 9.90. The van der Waals surface area contributed by atoms with Gasteiger partial charge in [0.25, 0.3) is 0 Å². The molecule has 0 bridgehead atoms. The summed E-state index contributed by atoms with van der Waals surface area (Å²) in [5.74, 6) is 0. The van der Waals surface area contributed by atoms with E-state index in [4.69, 9.17) is 19.6 Å². The van der Waals surface area contributed by atoms with Gasteiger partial charge in [-0.05, 0) is 0 Å². The minimum atomic E-state index is -5.05. The Labute approximate surface area is 89.0 Å². The summed E-state index contributed by atoms with van der Waals surface area (Å²) in [4.78, 5) is 31.0. The van der Waals surface area contributed by atoms with E-state index < -0.39 is 15.6 Å². The van der Waals surface area contributed by atoms with Gasteiger partial charge in [-0.1, -0.05) is 39.5 Å². The summed E-state index contributed by atoms with van der Waals surface area (Å²) in [6.45, 7) is 4.46. The van der Waals surface area contributed by atoms with Crippen molar-refractivity contribution in [3.63, 3.8) is 0 Å². The molecule has 0 spiro atoms. The zero-order valence-electron chi connectivity index (χ0n) is 8.74. The molecule has 0 unspecified atom stereocenters. The summed E-state index contributed by atoms with van der Waals surface area (Å²) < 4.78 is 22.2. The normalized spacial score (nSPS) is 11.9. The zero-order valence-corrected chi connectivity index (χ0v) is 10.5. The first-order valence-corrected chi connectivity index (χ1v) is 7.51. The van der Waals surface area contributed by atoms with Gasteiger partial charge in [0.2, 0.25) is 0 Å². The third kappa shape index (κ3) is 25.0. The molecule has 0 heterocycles. The Morgan fingerprint density at radius 2 is 1.13 bits per heavy atom. The first-order chi connectivity index (χ1) is 6.62. The average molecular weight is 264 g/mol. The van der Waals surface area contributed by atoms with Crippen molar-refractivity contribution in [2.45, 2.75) is 39.5 Å². The van der Waals surface area contributed by atoms with Gasteiger partial charge in [0, 0.05) is 0 Å². The molecule has 0 aromatic carbocycles. The minimum Gasteiger partial charge on any atom is -0.302 e. The van der Waals surface area contributed by atoms with Crippen LogP contribution in [0.3, 0.4) is 0 Å². The van der Waals surface area contributed by atoms with E-state index in [1.807, 2.05) is 0 Å². The molecule has 15 heavy (non-hydrogen) atoms. The zero-order chi connectivity index (χ0) is 12.5. The number of hydrogen-bond acceptors (Lipinski definition) is 3. The van der Waals surface area contributed by atoms with Crippen LogP contribution in [0.4, 0.5) is 0 Å². The molecule has 7 nitrogen and oxygen atoms in total. The maximum atomic E-state index is 9.63. The van der Waals surface area contributed by atoms with Crippen molar-refractivity contribution in [2.24, 2.45) is 0 Å². The Hall–Kier alpha value is 0.260. The van der Waals surface area contributed by atoms with Crippen LogP contribution < -0.4 is 0 Å². The molecule has 0 saturated heterocycles. The molecule has 0 aliphatic heterocycles. The molecule has 0 rings (SSSR count). The highest BCUT2D eigenvalue weighted by molar-refractivity contribution is 7.60. The third-order valence-electron chi connectivity index (χ3n) is 1.17. The topological polar surface area (TPSA) is 124 Å². The molecule has 4 N–H and O–H groups in total. The molecule has 94 valence electrons. The molecule has 0 aromatic heterocycles. The summed E-state index contributed by atoms with van der Waals surface area (Å²) in [6, 6.07) is 0. The second-order valence-corrected chi connectivity index (χ2v) is 5.39. The molecule has 0 fully saturated rings. The van der Waals surface area contributed by atoms with Crippen LogP contribution in [0, 0.1) is 0 Å². The predicted octanol–water partition coefficient (Wildman–Crippen LogP) is 1.78. The first kappa shape index (κ1) is 17.6. The van der Waals surface area contributed by atoms with Crippen molar-refractivity contribution in [3.05, 3.63) is 0 Å². The lowest BCUT2D eigenvalue weighted by molar-refractivity contribution is 0.225. The van der Waals surface area contributed by atoms with E-state index in [0.717, 1.165) is 0 Å². The van der Waals surface area contributed by atoms with Crippen LogP contribution in [-0.2, 0) is 13.4 Å². The predicted molar refractivity (Wildman–Crippen MR) is 55.0 cm³/mol. The fourth-order valence-corrected chi connectivity index (χ4v) is 1.75. The van der Waals surface area contributed by atoms with Gasteiger partial charge in [-0.15, -0.1) is 0 Å². The van der Waals surface area contributed by atoms with Gasteiger partial charge in [-0.25, -0.2) is 9.13 Å². The van der Waals surface area contributed by atoms with Gasteiger partial charge in [-0.3, -0.25) is 0 Å². The van der Waals surface area contributed by atoms with Gasteiger partial charge in [-0.2, -0.15) is 4.31 Å². The van der Waals surface area contributed by atoms with Crippen LogP contribution in [0.2, 0.25) is 0 Å². The van der Waals surface area contributed by atoms with Gasteiger partial charge >= 0.3 is 15.6 Å². The fourth-order valence-electron chi connectivity index (χ4n) is 0.639. The van der Waals surface area contributed by atoms with Gasteiger partial charge in [0.15, 0.2) is 0 Å². The third-order valence-corrected chi connectivity index (χ3v) is 2.87. The van der Waals surface area contributed by atoms with Crippen LogP contribution in [-0.4, -0.2) is 19.6 Å². The summed E-state index contributed by atoms with van der Waals surface area (Å²) in [7, 11) is -10.1. The molecule has 0 aliphatic rings. The molecule has 9 heteroatoms. The lowest BCUT2D eigenvalue weighted by Gasteiger charge is -2.03. The molecular weight excluding hydrogens is 246 g/mol.